The number of benzene rings is 1. The number of aliphatic hydroxyl groups excluding tert-OH is 1. The number of hydrogen-bond acceptors (Lipinski definition) is 3. The monoisotopic (exact) mass is 272 g/mol. The second-order valence-electron chi connectivity index (χ2n) is 4.62. The van der Waals surface area contributed by atoms with Crippen LogP contribution in [0.15, 0.2) is 47.4 Å². The van der Waals surface area contributed by atoms with Crippen LogP contribution in [0, 0.1) is 0 Å². The van der Waals surface area contributed by atoms with Crippen LogP contribution in [0.25, 0.3) is 0 Å². The summed E-state index contributed by atoms with van der Waals surface area (Å²) < 4.78 is 1.39. The molecular formula is C15H16N2O3. The summed E-state index contributed by atoms with van der Waals surface area (Å²) in [7, 11) is 1.62. The Labute approximate surface area is 116 Å². The normalized spacial score (nSPS) is 11.9. The summed E-state index contributed by atoms with van der Waals surface area (Å²) in [5.41, 5.74) is 1.35. The molecule has 1 heterocycles. The Hall–Kier alpha value is -2.40. The number of aryl methyl sites for hydroxylation is 1. The molecule has 0 radical (unpaired) electrons. The molecule has 1 amide bonds. The van der Waals surface area contributed by atoms with E-state index in [1.807, 2.05) is 0 Å². The Morgan fingerprint density at radius 1 is 1.30 bits per heavy atom. The molecule has 1 aromatic heterocycles. The number of carbonyl (C=O) groups excluding carboxylic acids is 1. The van der Waals surface area contributed by atoms with Gasteiger partial charge in [-0.25, -0.2) is 0 Å². The maximum absolute atomic E-state index is 12.0. The summed E-state index contributed by atoms with van der Waals surface area (Å²) in [5, 5.41) is 12.2. The third kappa shape index (κ3) is 3.13. The van der Waals surface area contributed by atoms with Gasteiger partial charge in [-0.3, -0.25) is 9.59 Å². The van der Waals surface area contributed by atoms with E-state index in [0.29, 0.717) is 16.8 Å². The molecule has 0 saturated heterocycles. The first-order valence-corrected chi connectivity index (χ1v) is 6.23. The Bertz CT molecular complexity index is 690. The molecule has 0 aliphatic heterocycles. The number of nitrogens with zero attached hydrogens (tertiary/aromatic N) is 1. The number of anilines is 1. The van der Waals surface area contributed by atoms with Gasteiger partial charge in [0.2, 0.25) is 0 Å². The molecule has 2 rings (SSSR count). The molecule has 2 aromatic rings. The van der Waals surface area contributed by atoms with Crippen LogP contribution in [-0.2, 0) is 7.05 Å². The summed E-state index contributed by atoms with van der Waals surface area (Å²) in [6.45, 7) is 1.65. The van der Waals surface area contributed by atoms with Crippen molar-refractivity contribution in [2.75, 3.05) is 5.32 Å². The number of amides is 1. The average molecular weight is 272 g/mol. The van der Waals surface area contributed by atoms with Crippen LogP contribution in [0.5, 0.6) is 0 Å². The fourth-order valence-electron chi connectivity index (χ4n) is 1.77. The van der Waals surface area contributed by atoms with E-state index < -0.39 is 6.10 Å². The maximum atomic E-state index is 12.0. The minimum Gasteiger partial charge on any atom is -0.389 e. The lowest BCUT2D eigenvalue weighted by Crippen LogP contribution is -2.20. The van der Waals surface area contributed by atoms with Crippen molar-refractivity contribution in [1.29, 1.82) is 0 Å². The first kappa shape index (κ1) is 14.0. The van der Waals surface area contributed by atoms with Gasteiger partial charge in [0.15, 0.2) is 0 Å². The van der Waals surface area contributed by atoms with Crippen molar-refractivity contribution in [1.82, 2.24) is 4.57 Å². The quantitative estimate of drug-likeness (QED) is 0.893. The third-order valence-electron chi connectivity index (χ3n) is 2.99. The van der Waals surface area contributed by atoms with Crippen LogP contribution in [0.2, 0.25) is 0 Å². The summed E-state index contributed by atoms with van der Waals surface area (Å²) in [5.74, 6) is -0.356. The van der Waals surface area contributed by atoms with Crippen molar-refractivity contribution < 1.29 is 9.90 Å². The zero-order valence-corrected chi connectivity index (χ0v) is 11.3. The molecule has 1 unspecified atom stereocenters. The van der Waals surface area contributed by atoms with Crippen molar-refractivity contribution in [2.45, 2.75) is 13.0 Å². The number of pyridine rings is 1. The van der Waals surface area contributed by atoms with Gasteiger partial charge in [-0.1, -0.05) is 12.1 Å². The predicted octanol–water partition coefficient (Wildman–Crippen LogP) is 1.69. The molecule has 0 spiro atoms. The highest BCUT2D eigenvalue weighted by Gasteiger charge is 2.08. The molecule has 0 saturated carbocycles. The van der Waals surface area contributed by atoms with Crippen LogP contribution >= 0.6 is 0 Å². The number of hydrogen-bond donors (Lipinski definition) is 2. The highest BCUT2D eigenvalue weighted by molar-refractivity contribution is 6.04. The smallest absolute Gasteiger partial charge is 0.255 e. The highest BCUT2D eigenvalue weighted by atomic mass is 16.3. The Morgan fingerprint density at radius 2 is 2.05 bits per heavy atom. The Balaban J connectivity index is 2.21. The van der Waals surface area contributed by atoms with Crippen LogP contribution in [0.4, 0.5) is 5.69 Å². The van der Waals surface area contributed by atoms with Crippen molar-refractivity contribution in [3.05, 3.63) is 64.1 Å². The molecule has 1 aromatic carbocycles. The minimum absolute atomic E-state index is 0.240. The van der Waals surface area contributed by atoms with Crippen LogP contribution in [0.3, 0.4) is 0 Å². The van der Waals surface area contributed by atoms with Crippen molar-refractivity contribution >= 4 is 11.6 Å². The number of aromatic nitrogens is 1. The van der Waals surface area contributed by atoms with Crippen LogP contribution < -0.4 is 10.9 Å². The van der Waals surface area contributed by atoms with E-state index in [2.05, 4.69) is 5.32 Å². The van der Waals surface area contributed by atoms with Crippen molar-refractivity contribution in [2.24, 2.45) is 7.05 Å². The molecule has 104 valence electrons. The second-order valence-corrected chi connectivity index (χ2v) is 4.62. The number of carbonyl (C=O) groups is 1. The summed E-state index contributed by atoms with van der Waals surface area (Å²) in [4.78, 5) is 23.5. The average Bonchev–Trinajstić information content (AvgIpc) is 2.42. The lowest BCUT2D eigenvalue weighted by atomic mass is 10.1. The highest BCUT2D eigenvalue weighted by Crippen LogP contribution is 2.17. The summed E-state index contributed by atoms with van der Waals surface area (Å²) >= 11 is 0. The van der Waals surface area contributed by atoms with Crippen molar-refractivity contribution in [3.8, 4) is 0 Å². The van der Waals surface area contributed by atoms with E-state index in [1.54, 1.807) is 50.5 Å². The first-order valence-electron chi connectivity index (χ1n) is 6.23. The molecule has 5 nitrogen and oxygen atoms in total. The maximum Gasteiger partial charge on any atom is 0.255 e. The molecule has 20 heavy (non-hydrogen) atoms. The SMILES string of the molecule is CC(O)c1cccc(NC(=O)c2ccn(C)c(=O)c2)c1. The van der Waals surface area contributed by atoms with Gasteiger partial charge in [-0.2, -0.15) is 0 Å². The number of rotatable bonds is 3. The fraction of sp³-hybridized carbons (Fsp3) is 0.200. The Morgan fingerprint density at radius 3 is 2.70 bits per heavy atom. The van der Waals surface area contributed by atoms with Gasteiger partial charge in [0.05, 0.1) is 6.10 Å². The molecule has 0 fully saturated rings. The molecule has 2 N–H and O–H groups in total. The summed E-state index contributed by atoms with van der Waals surface area (Å²) in [6.07, 6.45) is 0.944. The van der Waals surface area contributed by atoms with Crippen LogP contribution in [0.1, 0.15) is 28.9 Å². The largest absolute Gasteiger partial charge is 0.389 e. The molecule has 0 aliphatic carbocycles. The van der Waals surface area contributed by atoms with Gasteiger partial charge in [0.1, 0.15) is 0 Å². The van der Waals surface area contributed by atoms with Gasteiger partial charge in [0.25, 0.3) is 11.5 Å². The van der Waals surface area contributed by atoms with E-state index in [4.69, 9.17) is 0 Å². The van der Waals surface area contributed by atoms with Crippen molar-refractivity contribution in [3.63, 3.8) is 0 Å². The first-order chi connectivity index (χ1) is 9.47. The lowest BCUT2D eigenvalue weighted by Gasteiger charge is -2.09. The van der Waals surface area contributed by atoms with Gasteiger partial charge in [0, 0.05) is 30.6 Å². The molecule has 1 atom stereocenters. The second kappa shape index (κ2) is 5.71. The minimum atomic E-state index is -0.601. The van der Waals surface area contributed by atoms with Gasteiger partial charge < -0.3 is 15.0 Å². The number of nitrogens with one attached hydrogen (secondary N) is 1. The molecule has 0 bridgehead atoms. The van der Waals surface area contributed by atoms with Gasteiger partial charge in [-0.05, 0) is 30.7 Å². The third-order valence-corrected chi connectivity index (χ3v) is 2.99. The van der Waals surface area contributed by atoms with Gasteiger partial charge in [-0.15, -0.1) is 0 Å². The number of aliphatic hydroxyl groups is 1. The fourth-order valence-corrected chi connectivity index (χ4v) is 1.77. The summed E-state index contributed by atoms with van der Waals surface area (Å²) in [6, 6.07) is 9.82. The molecular weight excluding hydrogens is 256 g/mol. The van der Waals surface area contributed by atoms with Crippen LogP contribution in [-0.4, -0.2) is 15.6 Å². The van der Waals surface area contributed by atoms with Gasteiger partial charge >= 0.3 is 0 Å². The van der Waals surface area contributed by atoms with E-state index in [0.717, 1.165) is 0 Å². The zero-order valence-electron chi connectivity index (χ0n) is 11.3. The van der Waals surface area contributed by atoms with E-state index in [-0.39, 0.29) is 11.5 Å². The van der Waals surface area contributed by atoms with E-state index in [1.165, 1.54) is 10.6 Å². The van der Waals surface area contributed by atoms with E-state index in [9.17, 15) is 14.7 Å². The van der Waals surface area contributed by atoms with E-state index >= 15 is 0 Å². The molecule has 5 heteroatoms. The predicted molar refractivity (Wildman–Crippen MR) is 76.7 cm³/mol. The zero-order chi connectivity index (χ0) is 14.7. The lowest BCUT2D eigenvalue weighted by molar-refractivity contribution is 0.102. The molecule has 0 aliphatic rings. The Kier molecular flexibility index (Phi) is 4.00. The topological polar surface area (TPSA) is 71.3 Å². The standard InChI is InChI=1S/C15H16N2O3/c1-10(18)11-4-3-5-13(8-11)16-15(20)12-6-7-17(2)14(19)9-12/h3-10,18H,1-2H3,(H,16,20).